The number of nitrogens with zero attached hydrogens (tertiary/aromatic N) is 1. The Bertz CT molecular complexity index is 225. The first-order valence-electron chi connectivity index (χ1n) is 3.77. The second-order valence-electron chi connectivity index (χ2n) is 2.50. The van der Waals surface area contributed by atoms with Gasteiger partial charge in [0.2, 0.25) is 0 Å². The molecule has 3 heteroatoms. The summed E-state index contributed by atoms with van der Waals surface area (Å²) in [6, 6.07) is 1.93. The van der Waals surface area contributed by atoms with E-state index in [9.17, 15) is 0 Å². The van der Waals surface area contributed by atoms with Crippen molar-refractivity contribution in [1.82, 2.24) is 4.98 Å². The van der Waals surface area contributed by atoms with Gasteiger partial charge in [-0.25, -0.2) is 0 Å². The smallest absolute Gasteiger partial charge is 0.160 e. The third kappa shape index (κ3) is 1.27. The molecule has 0 amide bonds. The molecule has 0 atom stereocenters. The molecule has 0 aromatic carbocycles. The molecule has 1 N–H and O–H groups in total. The van der Waals surface area contributed by atoms with Crippen LogP contribution in [-0.2, 0) is 0 Å². The summed E-state index contributed by atoms with van der Waals surface area (Å²) < 4.78 is 5.42. The number of rotatable bonds is 0. The lowest BCUT2D eigenvalue weighted by Gasteiger charge is -2.04. The minimum Gasteiger partial charge on any atom is -0.490 e. The number of fused-ring (bicyclic) bond motifs is 1. The lowest BCUT2D eigenvalue weighted by molar-refractivity contribution is 0.322. The zero-order valence-corrected chi connectivity index (χ0v) is 6.21. The Morgan fingerprint density at radius 3 is 3.55 bits per heavy atom. The van der Waals surface area contributed by atoms with Gasteiger partial charge in [0.15, 0.2) is 5.75 Å². The van der Waals surface area contributed by atoms with Gasteiger partial charge in [0.25, 0.3) is 0 Å². The van der Waals surface area contributed by atoms with Crippen LogP contribution in [0.1, 0.15) is 6.42 Å². The van der Waals surface area contributed by atoms with Gasteiger partial charge in [-0.15, -0.1) is 0 Å². The standard InChI is InChI=1S/C8H10N2O/c1-3-10-7-2-4-9-6-8(7)11-5-1/h2,4,6,10H,1,3,5H2. The fraction of sp³-hybridized carbons (Fsp3) is 0.375. The van der Waals surface area contributed by atoms with Crippen LogP contribution in [0.4, 0.5) is 5.69 Å². The topological polar surface area (TPSA) is 34.1 Å². The highest BCUT2D eigenvalue weighted by Gasteiger charge is 2.05. The van der Waals surface area contributed by atoms with E-state index in [4.69, 9.17) is 4.74 Å². The van der Waals surface area contributed by atoms with Crippen LogP contribution < -0.4 is 10.1 Å². The highest BCUT2D eigenvalue weighted by molar-refractivity contribution is 5.54. The summed E-state index contributed by atoms with van der Waals surface area (Å²) in [5, 5.41) is 3.26. The van der Waals surface area contributed by atoms with Gasteiger partial charge >= 0.3 is 0 Å². The summed E-state index contributed by atoms with van der Waals surface area (Å²) >= 11 is 0. The van der Waals surface area contributed by atoms with Crippen molar-refractivity contribution in [3.05, 3.63) is 18.5 Å². The van der Waals surface area contributed by atoms with Crippen LogP contribution in [0.2, 0.25) is 0 Å². The summed E-state index contributed by atoms with van der Waals surface area (Å²) in [7, 11) is 0. The summed E-state index contributed by atoms with van der Waals surface area (Å²) in [5.74, 6) is 0.866. The van der Waals surface area contributed by atoms with Crippen molar-refractivity contribution in [3.8, 4) is 5.75 Å². The minimum absolute atomic E-state index is 0.783. The van der Waals surface area contributed by atoms with E-state index in [1.165, 1.54) is 0 Å². The Morgan fingerprint density at radius 1 is 1.55 bits per heavy atom. The quantitative estimate of drug-likeness (QED) is 0.604. The first-order valence-corrected chi connectivity index (χ1v) is 3.77. The number of hydrogen-bond acceptors (Lipinski definition) is 3. The fourth-order valence-corrected chi connectivity index (χ4v) is 1.12. The highest BCUT2D eigenvalue weighted by atomic mass is 16.5. The Kier molecular flexibility index (Phi) is 1.63. The second kappa shape index (κ2) is 2.78. The van der Waals surface area contributed by atoms with E-state index < -0.39 is 0 Å². The Hall–Kier alpha value is -1.25. The fourth-order valence-electron chi connectivity index (χ4n) is 1.12. The maximum absolute atomic E-state index is 5.42. The Morgan fingerprint density at radius 2 is 2.55 bits per heavy atom. The average molecular weight is 150 g/mol. The molecule has 11 heavy (non-hydrogen) atoms. The molecular weight excluding hydrogens is 140 g/mol. The number of ether oxygens (including phenoxy) is 1. The van der Waals surface area contributed by atoms with Gasteiger partial charge in [-0.2, -0.15) is 0 Å². The van der Waals surface area contributed by atoms with E-state index in [1.54, 1.807) is 12.4 Å². The van der Waals surface area contributed by atoms with E-state index in [1.807, 2.05) is 6.07 Å². The molecule has 0 bridgehead atoms. The number of hydrogen-bond donors (Lipinski definition) is 1. The molecule has 1 aromatic heterocycles. The van der Waals surface area contributed by atoms with Crippen molar-refractivity contribution in [2.75, 3.05) is 18.5 Å². The third-order valence-corrected chi connectivity index (χ3v) is 1.68. The molecule has 0 aliphatic carbocycles. The van der Waals surface area contributed by atoms with E-state index in [2.05, 4.69) is 10.3 Å². The molecule has 0 spiro atoms. The molecule has 1 aromatic rings. The molecule has 0 fully saturated rings. The van der Waals surface area contributed by atoms with Gasteiger partial charge in [-0.1, -0.05) is 0 Å². The Labute approximate surface area is 65.4 Å². The maximum Gasteiger partial charge on any atom is 0.160 e. The lowest BCUT2D eigenvalue weighted by Crippen LogP contribution is -1.99. The SMILES string of the molecule is c1cc2c(cn1)OCCCN2. The monoisotopic (exact) mass is 150 g/mol. The molecular formula is C8H10N2O. The maximum atomic E-state index is 5.42. The van der Waals surface area contributed by atoms with E-state index >= 15 is 0 Å². The molecule has 3 nitrogen and oxygen atoms in total. The third-order valence-electron chi connectivity index (χ3n) is 1.68. The Balaban J connectivity index is 2.33. The van der Waals surface area contributed by atoms with Crippen LogP contribution in [0.3, 0.4) is 0 Å². The van der Waals surface area contributed by atoms with Crippen molar-refractivity contribution in [3.63, 3.8) is 0 Å². The molecule has 0 unspecified atom stereocenters. The summed E-state index contributed by atoms with van der Waals surface area (Å²) in [6.07, 6.45) is 4.56. The molecule has 58 valence electrons. The number of pyridine rings is 1. The number of anilines is 1. The normalized spacial score (nSPS) is 15.6. The van der Waals surface area contributed by atoms with Crippen LogP contribution in [0.25, 0.3) is 0 Å². The summed E-state index contributed by atoms with van der Waals surface area (Å²) in [6.45, 7) is 1.77. The number of nitrogens with one attached hydrogen (secondary N) is 1. The van der Waals surface area contributed by atoms with Crippen molar-refractivity contribution >= 4 is 5.69 Å². The zero-order valence-electron chi connectivity index (χ0n) is 6.21. The van der Waals surface area contributed by atoms with Gasteiger partial charge in [-0.05, 0) is 12.5 Å². The number of aromatic nitrogens is 1. The van der Waals surface area contributed by atoms with Crippen LogP contribution in [-0.4, -0.2) is 18.1 Å². The van der Waals surface area contributed by atoms with Crippen LogP contribution in [0, 0.1) is 0 Å². The van der Waals surface area contributed by atoms with E-state index in [0.717, 1.165) is 31.0 Å². The van der Waals surface area contributed by atoms with Crippen LogP contribution >= 0.6 is 0 Å². The minimum atomic E-state index is 0.783. The predicted octanol–water partition coefficient (Wildman–Crippen LogP) is 1.28. The molecule has 0 saturated carbocycles. The van der Waals surface area contributed by atoms with Gasteiger partial charge in [0.1, 0.15) is 0 Å². The molecule has 2 rings (SSSR count). The molecule has 0 saturated heterocycles. The van der Waals surface area contributed by atoms with E-state index in [0.29, 0.717) is 0 Å². The first kappa shape index (κ1) is 6.46. The second-order valence-corrected chi connectivity index (χ2v) is 2.50. The molecule has 2 heterocycles. The van der Waals surface area contributed by atoms with E-state index in [-0.39, 0.29) is 0 Å². The van der Waals surface area contributed by atoms with Crippen molar-refractivity contribution in [2.45, 2.75) is 6.42 Å². The van der Waals surface area contributed by atoms with Crippen molar-refractivity contribution < 1.29 is 4.74 Å². The van der Waals surface area contributed by atoms with Gasteiger partial charge in [0, 0.05) is 12.7 Å². The highest BCUT2D eigenvalue weighted by Crippen LogP contribution is 2.23. The zero-order chi connectivity index (χ0) is 7.52. The van der Waals surface area contributed by atoms with Gasteiger partial charge in [0.05, 0.1) is 18.5 Å². The first-order chi connectivity index (χ1) is 5.47. The molecule has 1 aliphatic heterocycles. The van der Waals surface area contributed by atoms with Crippen molar-refractivity contribution in [1.29, 1.82) is 0 Å². The molecule has 0 radical (unpaired) electrons. The van der Waals surface area contributed by atoms with Gasteiger partial charge < -0.3 is 10.1 Å². The summed E-state index contributed by atoms with van der Waals surface area (Å²) in [4.78, 5) is 3.97. The molecule has 1 aliphatic rings. The van der Waals surface area contributed by atoms with Crippen molar-refractivity contribution in [2.24, 2.45) is 0 Å². The largest absolute Gasteiger partial charge is 0.490 e. The predicted molar refractivity (Wildman–Crippen MR) is 42.8 cm³/mol. The van der Waals surface area contributed by atoms with Gasteiger partial charge in [-0.3, -0.25) is 4.98 Å². The van der Waals surface area contributed by atoms with Crippen LogP contribution in [0.5, 0.6) is 5.75 Å². The summed E-state index contributed by atoms with van der Waals surface area (Å²) in [5.41, 5.74) is 1.05. The van der Waals surface area contributed by atoms with Crippen LogP contribution in [0.15, 0.2) is 18.5 Å². The lowest BCUT2D eigenvalue weighted by atomic mass is 10.4. The average Bonchev–Trinajstić information content (AvgIpc) is 2.28.